The maximum absolute atomic E-state index is 12.2. The first kappa shape index (κ1) is 40.3. The van der Waals surface area contributed by atoms with E-state index in [1.54, 1.807) is 20.8 Å². The van der Waals surface area contributed by atoms with Crippen LogP contribution in [0.15, 0.2) is 0 Å². The van der Waals surface area contributed by atoms with Crippen molar-refractivity contribution in [2.45, 2.75) is 204 Å². The summed E-state index contributed by atoms with van der Waals surface area (Å²) in [6.45, 7) is 16.3. The van der Waals surface area contributed by atoms with Crippen LogP contribution in [0.1, 0.15) is 113 Å². The predicted molar refractivity (Wildman–Crippen MR) is 192 cm³/mol. The lowest BCUT2D eigenvalue weighted by molar-refractivity contribution is -0.335. The molecule has 54 heavy (non-hydrogen) atoms. The Bertz CT molecular complexity index is 1440. The van der Waals surface area contributed by atoms with Gasteiger partial charge in [-0.15, -0.1) is 0 Å². The Balaban J connectivity index is 1.15. The van der Waals surface area contributed by atoms with E-state index < -0.39 is 90.2 Å². The Morgan fingerprint density at radius 2 is 1.37 bits per heavy atom. The summed E-state index contributed by atoms with van der Waals surface area (Å²) in [4.78, 5) is 0. The standard InChI is InChI=1S/C41H68O13/c1-19-26(44)28(46)30(48)34(51-19)52-22-15-23-38(7)16-20(42)31(39(8)11-9-25(54-39)36(4,5)49)37(38,6)13-14-40(23)18-41(40)12-10-24(35(2,3)32(22)41)53-33-29(47)27(45)21(43)17-50-33/h19-34,42-49H,9-18H2,1-8H3/t19-,20+,21-,22+,23?,24?,25+,26-,27+,28+,29-,30+,31?,32?,33+,34-,37-,38+,39-,40+,41-/m1/s1. The van der Waals surface area contributed by atoms with Crippen LogP contribution in [0.3, 0.4) is 0 Å². The Morgan fingerprint density at radius 3 is 2.04 bits per heavy atom. The van der Waals surface area contributed by atoms with Crippen LogP contribution in [0, 0.1) is 44.8 Å². The third kappa shape index (κ3) is 5.43. The fraction of sp³-hybridized carbons (Fsp3) is 1.00. The van der Waals surface area contributed by atoms with Crippen molar-refractivity contribution in [1.29, 1.82) is 0 Å². The highest BCUT2D eigenvalue weighted by Crippen LogP contribution is 2.89. The van der Waals surface area contributed by atoms with Gasteiger partial charge >= 0.3 is 0 Å². The zero-order valence-corrected chi connectivity index (χ0v) is 33.4. The molecule has 0 amide bonds. The van der Waals surface area contributed by atoms with Crippen molar-refractivity contribution < 1.29 is 64.5 Å². The van der Waals surface area contributed by atoms with Crippen molar-refractivity contribution in [3.63, 3.8) is 0 Å². The van der Waals surface area contributed by atoms with Gasteiger partial charge in [0.2, 0.25) is 0 Å². The second-order valence-electron chi connectivity index (χ2n) is 21.0. The average Bonchev–Trinajstić information content (AvgIpc) is 3.45. The van der Waals surface area contributed by atoms with Gasteiger partial charge in [0.05, 0.1) is 48.3 Å². The molecule has 3 heterocycles. The molecule has 13 heteroatoms. The molecule has 2 spiro atoms. The van der Waals surface area contributed by atoms with Gasteiger partial charge in [-0.05, 0) is 124 Å². The highest BCUT2D eigenvalue weighted by atomic mass is 16.7. The van der Waals surface area contributed by atoms with E-state index in [2.05, 4.69) is 34.6 Å². The topological polar surface area (TPSA) is 208 Å². The molecule has 8 fully saturated rings. The minimum absolute atomic E-state index is 0.0219. The van der Waals surface area contributed by atoms with Gasteiger partial charge in [-0.1, -0.05) is 27.7 Å². The van der Waals surface area contributed by atoms with Gasteiger partial charge in [0.15, 0.2) is 12.6 Å². The van der Waals surface area contributed by atoms with E-state index in [1.807, 2.05) is 0 Å². The lowest BCUT2D eigenvalue weighted by Gasteiger charge is -2.65. The molecule has 5 aliphatic carbocycles. The van der Waals surface area contributed by atoms with E-state index in [0.29, 0.717) is 19.3 Å². The summed E-state index contributed by atoms with van der Waals surface area (Å²) in [5.41, 5.74) is -2.90. The van der Waals surface area contributed by atoms with E-state index in [1.165, 1.54) is 0 Å². The largest absolute Gasteiger partial charge is 0.393 e. The lowest BCUT2D eigenvalue weighted by Crippen LogP contribution is -2.65. The van der Waals surface area contributed by atoms with Crippen molar-refractivity contribution in [2.24, 2.45) is 44.8 Å². The molecule has 0 aromatic heterocycles. The molecule has 5 saturated carbocycles. The SMILES string of the molecule is C[C@H]1O[C@H](O[C@H]2CC3[C@]4(CC[C@]5(C)C([C@@]6(C)CC[C@@H](C(C)(C)O)O6)[C@@H](O)C[C@@]35C)C[C@@]43CCC(O[C@@H]4OC[C@@H](O)[C@H](O)[C@H]4O)C(C)(C)C23)[C@@H](O)[C@@H](O)[C@@H]1O. The van der Waals surface area contributed by atoms with Crippen LogP contribution in [-0.4, -0.2) is 138 Å². The van der Waals surface area contributed by atoms with E-state index in [0.717, 1.165) is 38.5 Å². The van der Waals surface area contributed by atoms with Gasteiger partial charge in [0, 0.05) is 5.92 Å². The van der Waals surface area contributed by atoms with Crippen LogP contribution in [0.25, 0.3) is 0 Å². The molecular formula is C41H68O13. The highest BCUT2D eigenvalue weighted by molar-refractivity contribution is 5.33. The summed E-state index contributed by atoms with van der Waals surface area (Å²) in [5, 5.41) is 87.1. The van der Waals surface area contributed by atoms with Crippen molar-refractivity contribution in [2.75, 3.05) is 6.61 Å². The maximum Gasteiger partial charge on any atom is 0.186 e. The van der Waals surface area contributed by atoms with E-state index in [-0.39, 0.29) is 52.1 Å². The van der Waals surface area contributed by atoms with Crippen LogP contribution in [0.2, 0.25) is 0 Å². The molecule has 0 bridgehead atoms. The van der Waals surface area contributed by atoms with Crippen LogP contribution < -0.4 is 0 Å². The molecule has 0 aromatic rings. The van der Waals surface area contributed by atoms with Crippen LogP contribution in [0.5, 0.6) is 0 Å². The van der Waals surface area contributed by atoms with Crippen LogP contribution in [0.4, 0.5) is 0 Å². The van der Waals surface area contributed by atoms with Gasteiger partial charge in [0.25, 0.3) is 0 Å². The molecule has 13 nitrogen and oxygen atoms in total. The van der Waals surface area contributed by atoms with Crippen molar-refractivity contribution in [3.05, 3.63) is 0 Å². The summed E-state index contributed by atoms with van der Waals surface area (Å²) < 4.78 is 32.1. The quantitative estimate of drug-likeness (QED) is 0.182. The Labute approximate surface area is 319 Å². The summed E-state index contributed by atoms with van der Waals surface area (Å²) >= 11 is 0. The number of aliphatic hydroxyl groups is 8. The molecule has 8 N–H and O–H groups in total. The van der Waals surface area contributed by atoms with Gasteiger partial charge in [-0.25, -0.2) is 0 Å². The summed E-state index contributed by atoms with van der Waals surface area (Å²) in [6.07, 6.45) is -5.87. The molecule has 3 saturated heterocycles. The smallest absolute Gasteiger partial charge is 0.186 e. The highest BCUT2D eigenvalue weighted by Gasteiger charge is 2.85. The normalized spacial score (nSPS) is 59.6. The molecule has 4 unspecified atom stereocenters. The van der Waals surface area contributed by atoms with E-state index in [4.69, 9.17) is 23.7 Å². The summed E-state index contributed by atoms with van der Waals surface area (Å²) in [6, 6.07) is 0. The van der Waals surface area contributed by atoms with Gasteiger partial charge in [0.1, 0.15) is 36.6 Å². The minimum atomic E-state index is -1.47. The molecular weight excluding hydrogens is 700 g/mol. The van der Waals surface area contributed by atoms with Crippen molar-refractivity contribution >= 4 is 0 Å². The minimum Gasteiger partial charge on any atom is -0.393 e. The first-order valence-corrected chi connectivity index (χ1v) is 20.7. The predicted octanol–water partition coefficient (Wildman–Crippen LogP) is 1.75. The number of rotatable bonds is 6. The van der Waals surface area contributed by atoms with Gasteiger partial charge in [-0.3, -0.25) is 0 Å². The zero-order chi connectivity index (χ0) is 39.3. The number of aliphatic hydroxyl groups excluding tert-OH is 7. The third-order valence-electron chi connectivity index (χ3n) is 17.6. The van der Waals surface area contributed by atoms with E-state index >= 15 is 0 Å². The molecule has 21 atom stereocenters. The van der Waals surface area contributed by atoms with E-state index in [9.17, 15) is 40.9 Å². The van der Waals surface area contributed by atoms with Crippen molar-refractivity contribution in [3.8, 4) is 0 Å². The average molecular weight is 769 g/mol. The number of fused-ring (bicyclic) bond motifs is 2. The number of ether oxygens (including phenoxy) is 5. The van der Waals surface area contributed by atoms with Gasteiger partial charge in [-0.2, -0.15) is 0 Å². The second-order valence-corrected chi connectivity index (χ2v) is 21.0. The summed E-state index contributed by atoms with van der Waals surface area (Å²) in [5.74, 6) is -0.0738. The van der Waals surface area contributed by atoms with Crippen LogP contribution >= 0.6 is 0 Å². The Kier molecular flexibility index (Phi) is 9.50. The van der Waals surface area contributed by atoms with Crippen LogP contribution in [-0.2, 0) is 23.7 Å². The number of hydrogen-bond acceptors (Lipinski definition) is 13. The first-order valence-electron chi connectivity index (χ1n) is 20.7. The van der Waals surface area contributed by atoms with Crippen molar-refractivity contribution in [1.82, 2.24) is 0 Å². The fourth-order valence-electron chi connectivity index (χ4n) is 14.8. The third-order valence-corrected chi connectivity index (χ3v) is 17.6. The Hall–Kier alpha value is -0.520. The molecule has 8 aliphatic rings. The monoisotopic (exact) mass is 768 g/mol. The molecule has 0 radical (unpaired) electrons. The second kappa shape index (κ2) is 12.7. The molecule has 310 valence electrons. The number of hydrogen-bond donors (Lipinski definition) is 8. The zero-order valence-electron chi connectivity index (χ0n) is 33.4. The fourth-order valence-corrected chi connectivity index (χ4v) is 14.8. The summed E-state index contributed by atoms with van der Waals surface area (Å²) in [7, 11) is 0. The molecule has 3 aliphatic heterocycles. The lowest BCUT2D eigenvalue weighted by atomic mass is 9.41. The molecule has 8 rings (SSSR count). The molecule has 0 aromatic carbocycles. The van der Waals surface area contributed by atoms with Gasteiger partial charge < -0.3 is 64.5 Å². The Morgan fingerprint density at radius 1 is 0.685 bits per heavy atom. The maximum atomic E-state index is 12.2. The first-order chi connectivity index (χ1) is 25.0.